The van der Waals surface area contributed by atoms with Crippen molar-refractivity contribution in [3.63, 3.8) is 0 Å². The number of hydrogen-bond donors (Lipinski definition) is 2. The molecule has 0 saturated heterocycles. The molecule has 0 spiro atoms. The number of anilines is 1. The molecule has 2 N–H and O–H groups in total. The average molecular weight is 355 g/mol. The summed E-state index contributed by atoms with van der Waals surface area (Å²) in [4.78, 5) is 16.8. The third-order valence-corrected chi connectivity index (χ3v) is 5.17. The smallest absolute Gasteiger partial charge is 0.245 e. The molecule has 0 radical (unpaired) electrons. The Hall–Kier alpha value is -2.48. The topological polar surface area (TPSA) is 88.0 Å². The van der Waals surface area contributed by atoms with Crippen LogP contribution in [-0.2, 0) is 17.9 Å². The van der Waals surface area contributed by atoms with E-state index in [1.165, 1.54) is 16.8 Å². The van der Waals surface area contributed by atoms with Crippen molar-refractivity contribution in [1.29, 1.82) is 0 Å². The Bertz CT molecular complexity index is 770. The molecule has 1 aliphatic heterocycles. The van der Waals surface area contributed by atoms with E-state index >= 15 is 0 Å². The van der Waals surface area contributed by atoms with Crippen LogP contribution in [-0.4, -0.2) is 50.1 Å². The summed E-state index contributed by atoms with van der Waals surface area (Å²) in [6.07, 6.45) is 3.29. The molecular formula is C18H25N7O. The molecule has 26 heavy (non-hydrogen) atoms. The van der Waals surface area contributed by atoms with Gasteiger partial charge >= 0.3 is 0 Å². The highest BCUT2D eigenvalue weighted by molar-refractivity contribution is 5.82. The number of tetrazole rings is 1. The van der Waals surface area contributed by atoms with Crippen LogP contribution in [0.4, 0.5) is 5.69 Å². The number of carbonyl (C=O) groups is 1. The number of hydrogen-bond acceptors (Lipinski definition) is 6. The molecule has 1 amide bonds. The summed E-state index contributed by atoms with van der Waals surface area (Å²) in [6, 6.07) is 7.98. The second-order valence-corrected chi connectivity index (χ2v) is 6.93. The number of aromatic nitrogens is 4. The van der Waals surface area contributed by atoms with E-state index in [2.05, 4.69) is 43.1 Å². The van der Waals surface area contributed by atoms with Crippen LogP contribution in [0.5, 0.6) is 0 Å². The number of carbonyl (C=O) groups excluding carboxylic acids is 1. The third kappa shape index (κ3) is 3.41. The van der Waals surface area contributed by atoms with Gasteiger partial charge < -0.3 is 10.6 Å². The Balaban J connectivity index is 1.61. The maximum atomic E-state index is 13.1. The fraction of sp³-hybridized carbons (Fsp3) is 0.556. The maximum Gasteiger partial charge on any atom is 0.245 e. The van der Waals surface area contributed by atoms with Gasteiger partial charge in [0, 0.05) is 31.4 Å². The Morgan fingerprint density at radius 2 is 2.23 bits per heavy atom. The highest BCUT2D eigenvalue weighted by Gasteiger charge is 2.35. The van der Waals surface area contributed by atoms with Crippen LogP contribution in [0, 0.1) is 0 Å². The van der Waals surface area contributed by atoms with Gasteiger partial charge in [-0.2, -0.15) is 4.80 Å². The van der Waals surface area contributed by atoms with Gasteiger partial charge in [-0.3, -0.25) is 9.69 Å². The summed E-state index contributed by atoms with van der Waals surface area (Å²) >= 11 is 0. The lowest BCUT2D eigenvalue weighted by molar-refractivity contribution is -0.128. The zero-order chi connectivity index (χ0) is 17.9. The van der Waals surface area contributed by atoms with E-state index in [1.807, 2.05) is 19.1 Å². The van der Waals surface area contributed by atoms with Crippen molar-refractivity contribution in [3.8, 4) is 0 Å². The molecule has 8 nitrogen and oxygen atoms in total. The molecular weight excluding hydrogens is 330 g/mol. The number of aryl methyl sites for hydroxylation is 1. The van der Waals surface area contributed by atoms with E-state index in [4.69, 9.17) is 0 Å². The number of nitrogens with one attached hydrogen (secondary N) is 2. The summed E-state index contributed by atoms with van der Waals surface area (Å²) in [5.41, 5.74) is 2.30. The first-order valence-electron chi connectivity index (χ1n) is 9.38. The van der Waals surface area contributed by atoms with Gasteiger partial charge in [0.05, 0.1) is 6.54 Å². The quantitative estimate of drug-likeness (QED) is 0.841. The van der Waals surface area contributed by atoms with Crippen LogP contribution >= 0.6 is 0 Å². The highest BCUT2D eigenvalue weighted by Crippen LogP contribution is 2.27. The first-order valence-corrected chi connectivity index (χ1v) is 9.38. The van der Waals surface area contributed by atoms with Gasteiger partial charge in [-0.05, 0) is 43.0 Å². The maximum absolute atomic E-state index is 13.1. The average Bonchev–Trinajstić information content (AvgIpc) is 2.98. The normalized spacial score (nSPS) is 19.0. The van der Waals surface area contributed by atoms with Gasteiger partial charge in [-0.15, -0.1) is 10.2 Å². The van der Waals surface area contributed by atoms with E-state index in [0.29, 0.717) is 18.9 Å². The minimum Gasteiger partial charge on any atom is -0.383 e. The molecule has 2 heterocycles. The summed E-state index contributed by atoms with van der Waals surface area (Å²) in [5, 5.41) is 19.3. The van der Waals surface area contributed by atoms with Crippen LogP contribution < -0.4 is 10.6 Å². The van der Waals surface area contributed by atoms with Crippen molar-refractivity contribution in [3.05, 3.63) is 35.7 Å². The fourth-order valence-electron chi connectivity index (χ4n) is 3.46. The number of amides is 1. The second kappa shape index (κ2) is 7.41. The summed E-state index contributed by atoms with van der Waals surface area (Å²) in [7, 11) is 0. The van der Waals surface area contributed by atoms with Crippen LogP contribution in [0.2, 0.25) is 0 Å². The fourth-order valence-corrected chi connectivity index (χ4v) is 3.46. The second-order valence-electron chi connectivity index (χ2n) is 6.93. The van der Waals surface area contributed by atoms with Crippen molar-refractivity contribution in [2.24, 2.45) is 0 Å². The number of fused-ring (bicyclic) bond motifs is 1. The first-order chi connectivity index (χ1) is 12.7. The molecule has 1 aromatic heterocycles. The molecule has 4 rings (SSSR count). The molecule has 0 bridgehead atoms. The van der Waals surface area contributed by atoms with Crippen molar-refractivity contribution in [2.75, 3.05) is 18.4 Å². The Morgan fingerprint density at radius 1 is 1.38 bits per heavy atom. The lowest BCUT2D eigenvalue weighted by atomic mass is 9.93. The lowest BCUT2D eigenvalue weighted by Gasteiger charge is -2.32. The van der Waals surface area contributed by atoms with Gasteiger partial charge in [0.2, 0.25) is 11.7 Å². The number of rotatable bonds is 5. The zero-order valence-corrected chi connectivity index (χ0v) is 15.1. The minimum atomic E-state index is -0.524. The number of benzene rings is 1. The Labute approximate surface area is 152 Å². The summed E-state index contributed by atoms with van der Waals surface area (Å²) in [5.74, 6) is 0.452. The van der Waals surface area contributed by atoms with E-state index < -0.39 is 6.04 Å². The highest BCUT2D eigenvalue weighted by atomic mass is 16.2. The predicted molar refractivity (Wildman–Crippen MR) is 97.4 cm³/mol. The predicted octanol–water partition coefficient (Wildman–Crippen LogP) is 1.33. The Morgan fingerprint density at radius 3 is 2.96 bits per heavy atom. The van der Waals surface area contributed by atoms with Gasteiger partial charge in [-0.25, -0.2) is 0 Å². The molecule has 2 aromatic rings. The third-order valence-electron chi connectivity index (χ3n) is 5.17. The molecule has 8 heteroatoms. The number of nitrogens with zero attached hydrogens (tertiary/aromatic N) is 5. The van der Waals surface area contributed by atoms with Gasteiger partial charge in [0.25, 0.3) is 0 Å². The minimum absolute atomic E-state index is 0.0234. The largest absolute Gasteiger partial charge is 0.383 e. The van der Waals surface area contributed by atoms with Crippen molar-refractivity contribution < 1.29 is 4.79 Å². The molecule has 2 aliphatic rings. The molecule has 138 valence electrons. The molecule has 1 aliphatic carbocycles. The van der Waals surface area contributed by atoms with Crippen molar-refractivity contribution >= 4 is 11.6 Å². The van der Waals surface area contributed by atoms with E-state index in [-0.39, 0.29) is 11.9 Å². The summed E-state index contributed by atoms with van der Waals surface area (Å²) < 4.78 is 0. The standard InChI is InChI=1S/C18H25N7O/c1-2-25-22-17(21-23-25)16(18(26)20-14-7-5-8-14)24-11-10-19-15-9-4-3-6-13(15)12-24/h3-4,6,9,14,16,19H,2,5,7-8,10-12H2,1H3,(H,20,26). The zero-order valence-electron chi connectivity index (χ0n) is 15.1. The van der Waals surface area contributed by atoms with E-state index in [1.54, 1.807) is 0 Å². The molecule has 1 unspecified atom stereocenters. The van der Waals surface area contributed by atoms with Crippen LogP contribution in [0.25, 0.3) is 0 Å². The molecule has 1 fully saturated rings. The monoisotopic (exact) mass is 355 g/mol. The van der Waals surface area contributed by atoms with Crippen molar-refractivity contribution in [2.45, 2.75) is 51.4 Å². The number of para-hydroxylation sites is 1. The molecule has 1 aromatic carbocycles. The lowest BCUT2D eigenvalue weighted by Crippen LogP contribution is -2.47. The van der Waals surface area contributed by atoms with Gasteiger partial charge in [-0.1, -0.05) is 18.2 Å². The molecule has 1 atom stereocenters. The Kier molecular flexibility index (Phi) is 4.83. The van der Waals surface area contributed by atoms with E-state index in [0.717, 1.165) is 31.6 Å². The van der Waals surface area contributed by atoms with Crippen LogP contribution in [0.3, 0.4) is 0 Å². The van der Waals surface area contributed by atoms with Gasteiger partial charge in [0.15, 0.2) is 6.04 Å². The summed E-state index contributed by atoms with van der Waals surface area (Å²) in [6.45, 7) is 4.77. The first kappa shape index (κ1) is 17.0. The molecule has 1 saturated carbocycles. The SMILES string of the molecule is CCn1nnc(C(C(=O)NC2CCC2)N2CCNc3ccccc3C2)n1. The van der Waals surface area contributed by atoms with Gasteiger partial charge in [0.1, 0.15) is 0 Å². The van der Waals surface area contributed by atoms with Crippen LogP contribution in [0.1, 0.15) is 43.6 Å². The van der Waals surface area contributed by atoms with Crippen LogP contribution in [0.15, 0.2) is 24.3 Å². The van der Waals surface area contributed by atoms with E-state index in [9.17, 15) is 4.79 Å². The van der Waals surface area contributed by atoms with Crippen molar-refractivity contribution in [1.82, 2.24) is 30.4 Å².